The van der Waals surface area contributed by atoms with Gasteiger partial charge in [0.15, 0.2) is 0 Å². The van der Waals surface area contributed by atoms with E-state index in [1.165, 1.54) is 250 Å². The zero-order chi connectivity index (χ0) is 45.9. The van der Waals surface area contributed by atoms with E-state index in [1.54, 1.807) is 0 Å². The predicted octanol–water partition coefficient (Wildman–Crippen LogP) is 16.5. The summed E-state index contributed by atoms with van der Waals surface area (Å²) in [5.74, 6) is -0.586. The Balaban J connectivity index is 3.62. The number of carbonyl (C=O) groups excluding carboxylic acids is 1. The third-order valence-corrected chi connectivity index (χ3v) is 13.7. The molecule has 1 amide bonds. The smallest absolute Gasteiger partial charge is 0.249 e. The van der Waals surface area contributed by atoms with Crippen LogP contribution in [-0.4, -0.2) is 57.3 Å². The van der Waals surface area contributed by atoms with E-state index in [9.17, 15) is 25.2 Å². The summed E-state index contributed by atoms with van der Waals surface area (Å²) in [4.78, 5) is 12.6. The first-order chi connectivity index (χ1) is 31.0. The number of rotatable bonds is 53. The second kappa shape index (κ2) is 52.0. The first-order valence-corrected chi connectivity index (χ1v) is 28.6. The Labute approximate surface area is 393 Å². The zero-order valence-electron chi connectivity index (χ0n) is 42.6. The fourth-order valence-corrected chi connectivity index (χ4v) is 9.23. The van der Waals surface area contributed by atoms with Crippen LogP contribution < -0.4 is 5.32 Å². The third kappa shape index (κ3) is 46.0. The number of amides is 1. The van der Waals surface area contributed by atoms with Gasteiger partial charge in [-0.2, -0.15) is 0 Å². The van der Waals surface area contributed by atoms with Crippen molar-refractivity contribution < 1.29 is 25.2 Å². The van der Waals surface area contributed by atoms with Gasteiger partial charge in [0.05, 0.1) is 18.8 Å². The van der Waals surface area contributed by atoms with E-state index < -0.39 is 36.9 Å². The molecule has 0 fully saturated rings. The van der Waals surface area contributed by atoms with Gasteiger partial charge in [-0.25, -0.2) is 0 Å². The molecule has 6 heteroatoms. The van der Waals surface area contributed by atoms with Gasteiger partial charge in [-0.05, 0) is 38.5 Å². The number of aliphatic hydroxyl groups excluding tert-OH is 4. The Morgan fingerprint density at radius 3 is 0.952 bits per heavy atom. The fraction of sp³-hybridized carbons (Fsp3) is 0.947. The maximum Gasteiger partial charge on any atom is 0.249 e. The van der Waals surface area contributed by atoms with E-state index in [2.05, 4.69) is 31.3 Å². The minimum absolute atomic E-state index is 0.369. The van der Waals surface area contributed by atoms with Gasteiger partial charge in [0.2, 0.25) is 5.91 Å². The highest BCUT2D eigenvalue weighted by Gasteiger charge is 2.28. The molecule has 0 aromatic rings. The van der Waals surface area contributed by atoms with Gasteiger partial charge >= 0.3 is 0 Å². The number of carbonyl (C=O) groups is 1. The van der Waals surface area contributed by atoms with Crippen LogP contribution in [0.25, 0.3) is 0 Å². The van der Waals surface area contributed by atoms with Crippen molar-refractivity contribution in [3.8, 4) is 0 Å². The SMILES string of the molecule is CCCCCCCCCCCCCCCCCCCC/C=C/CCCC(O)C(O)C(CO)NC(=O)C(O)CCCCCCCCCCCCCCCCCCCCCCCCCC. The number of unbranched alkanes of at least 4 members (excludes halogenated alkanes) is 42. The largest absolute Gasteiger partial charge is 0.394 e. The first kappa shape index (κ1) is 62.1. The standard InChI is InChI=1S/C57H113NO5/c1-3-5-7-9-11-13-15-17-19-21-23-25-27-29-31-33-35-37-39-41-43-45-47-49-51-55(61)57(63)58-53(52-59)56(62)54(60)50-48-46-44-42-40-38-36-34-32-30-28-26-24-22-20-18-16-14-12-10-8-6-4-2/h42,44,53-56,59-62H,3-41,43,45-52H2,1-2H3,(H,58,63)/b44-42+. The summed E-state index contributed by atoms with van der Waals surface area (Å²) < 4.78 is 0. The Bertz CT molecular complexity index is 913. The van der Waals surface area contributed by atoms with Crippen molar-refractivity contribution in [3.63, 3.8) is 0 Å². The van der Waals surface area contributed by atoms with Crippen molar-refractivity contribution >= 4 is 5.91 Å². The Hall–Kier alpha value is -0.950. The highest BCUT2D eigenvalue weighted by molar-refractivity contribution is 5.80. The molecule has 63 heavy (non-hydrogen) atoms. The molecule has 6 nitrogen and oxygen atoms in total. The van der Waals surface area contributed by atoms with Gasteiger partial charge in [-0.15, -0.1) is 0 Å². The van der Waals surface area contributed by atoms with E-state index in [-0.39, 0.29) is 0 Å². The molecule has 0 heterocycles. The summed E-state index contributed by atoms with van der Waals surface area (Å²) in [5.41, 5.74) is 0. The maximum atomic E-state index is 12.6. The summed E-state index contributed by atoms with van der Waals surface area (Å²) in [5, 5.41) is 44.0. The Kier molecular flexibility index (Phi) is 51.2. The van der Waals surface area contributed by atoms with E-state index >= 15 is 0 Å². The molecule has 0 saturated heterocycles. The van der Waals surface area contributed by atoms with Crippen LogP contribution in [0.1, 0.15) is 316 Å². The molecule has 0 aliphatic carbocycles. The quantitative estimate of drug-likeness (QED) is 0.0309. The molecule has 0 aromatic carbocycles. The Morgan fingerprint density at radius 2 is 0.651 bits per heavy atom. The molecule has 0 aliphatic heterocycles. The van der Waals surface area contributed by atoms with Crippen molar-refractivity contribution in [2.24, 2.45) is 0 Å². The molecule has 4 unspecified atom stereocenters. The van der Waals surface area contributed by atoms with Crippen molar-refractivity contribution in [1.29, 1.82) is 0 Å². The van der Waals surface area contributed by atoms with Gasteiger partial charge in [-0.3, -0.25) is 4.79 Å². The number of hydrogen-bond donors (Lipinski definition) is 5. The van der Waals surface area contributed by atoms with Gasteiger partial charge < -0.3 is 25.7 Å². The van der Waals surface area contributed by atoms with Crippen LogP contribution >= 0.6 is 0 Å². The van der Waals surface area contributed by atoms with E-state index in [0.717, 1.165) is 38.5 Å². The van der Waals surface area contributed by atoms with Gasteiger partial charge in [-0.1, -0.05) is 289 Å². The number of allylic oxidation sites excluding steroid dienone is 2. The molecule has 0 aliphatic rings. The lowest BCUT2D eigenvalue weighted by Gasteiger charge is -2.27. The monoisotopic (exact) mass is 892 g/mol. The average molecular weight is 893 g/mol. The fourth-order valence-electron chi connectivity index (χ4n) is 9.23. The van der Waals surface area contributed by atoms with Crippen LogP contribution in [0.2, 0.25) is 0 Å². The molecule has 0 saturated carbocycles. The van der Waals surface area contributed by atoms with Gasteiger partial charge in [0.1, 0.15) is 12.2 Å². The van der Waals surface area contributed by atoms with Crippen LogP contribution in [0.3, 0.4) is 0 Å². The summed E-state index contributed by atoms with van der Waals surface area (Å²) in [7, 11) is 0. The topological polar surface area (TPSA) is 110 Å². The first-order valence-electron chi connectivity index (χ1n) is 28.6. The van der Waals surface area contributed by atoms with Crippen molar-refractivity contribution in [1.82, 2.24) is 5.32 Å². The lowest BCUT2D eigenvalue weighted by atomic mass is 10.00. The lowest BCUT2D eigenvalue weighted by Crippen LogP contribution is -2.53. The normalized spacial score (nSPS) is 13.8. The van der Waals surface area contributed by atoms with E-state index in [1.807, 2.05) is 0 Å². The number of aliphatic hydroxyl groups is 4. The molecule has 376 valence electrons. The number of nitrogens with one attached hydrogen (secondary N) is 1. The lowest BCUT2D eigenvalue weighted by molar-refractivity contribution is -0.132. The molecular weight excluding hydrogens is 779 g/mol. The van der Waals surface area contributed by atoms with Crippen LogP contribution in [0.15, 0.2) is 12.2 Å². The third-order valence-electron chi connectivity index (χ3n) is 13.7. The molecule has 0 rings (SSSR count). The Morgan fingerprint density at radius 1 is 0.381 bits per heavy atom. The summed E-state index contributed by atoms with van der Waals surface area (Å²) >= 11 is 0. The minimum Gasteiger partial charge on any atom is -0.394 e. The summed E-state index contributed by atoms with van der Waals surface area (Å²) in [6.07, 6.45) is 61.4. The van der Waals surface area contributed by atoms with Crippen molar-refractivity contribution in [3.05, 3.63) is 12.2 Å². The predicted molar refractivity (Wildman–Crippen MR) is 275 cm³/mol. The van der Waals surface area contributed by atoms with Gasteiger partial charge in [0.25, 0.3) is 0 Å². The highest BCUT2D eigenvalue weighted by atomic mass is 16.3. The molecule has 0 radical (unpaired) electrons. The highest BCUT2D eigenvalue weighted by Crippen LogP contribution is 2.18. The minimum atomic E-state index is -1.28. The second-order valence-electron chi connectivity index (χ2n) is 20.0. The molecule has 0 aromatic heterocycles. The van der Waals surface area contributed by atoms with Crippen LogP contribution in [0.5, 0.6) is 0 Å². The zero-order valence-corrected chi connectivity index (χ0v) is 42.6. The van der Waals surface area contributed by atoms with Gasteiger partial charge in [0, 0.05) is 0 Å². The second-order valence-corrected chi connectivity index (χ2v) is 20.0. The molecule has 0 bridgehead atoms. The number of hydrogen-bond acceptors (Lipinski definition) is 5. The van der Waals surface area contributed by atoms with Crippen molar-refractivity contribution in [2.75, 3.05) is 6.61 Å². The van der Waals surface area contributed by atoms with Crippen LogP contribution in [0.4, 0.5) is 0 Å². The van der Waals surface area contributed by atoms with Crippen LogP contribution in [0, 0.1) is 0 Å². The van der Waals surface area contributed by atoms with Crippen LogP contribution in [-0.2, 0) is 4.79 Å². The summed E-state index contributed by atoms with van der Waals surface area (Å²) in [6.45, 7) is 4.09. The molecule has 0 spiro atoms. The molecule has 5 N–H and O–H groups in total. The molecule has 4 atom stereocenters. The molecular formula is C57H113NO5. The van der Waals surface area contributed by atoms with E-state index in [4.69, 9.17) is 0 Å². The summed E-state index contributed by atoms with van der Waals surface area (Å²) in [6, 6.07) is -0.999. The maximum absolute atomic E-state index is 12.6. The van der Waals surface area contributed by atoms with Crippen molar-refractivity contribution in [2.45, 2.75) is 340 Å². The average Bonchev–Trinajstić information content (AvgIpc) is 3.29. The van der Waals surface area contributed by atoms with E-state index in [0.29, 0.717) is 12.8 Å².